The predicted molar refractivity (Wildman–Crippen MR) is 70.7 cm³/mol. The van der Waals surface area contributed by atoms with Crippen molar-refractivity contribution in [3.05, 3.63) is 35.4 Å². The molecule has 1 N–H and O–H groups in total. The van der Waals surface area contributed by atoms with Crippen LogP contribution in [0.25, 0.3) is 0 Å². The summed E-state index contributed by atoms with van der Waals surface area (Å²) < 4.78 is 5.48. The fourth-order valence-electron chi connectivity index (χ4n) is 3.07. The average Bonchev–Trinajstić information content (AvgIpc) is 2.99. The Morgan fingerprint density at radius 3 is 3.00 bits per heavy atom. The number of ether oxygens (including phenoxy) is 1. The van der Waals surface area contributed by atoms with E-state index in [0.717, 1.165) is 24.8 Å². The lowest BCUT2D eigenvalue weighted by atomic mass is 9.92. The summed E-state index contributed by atoms with van der Waals surface area (Å²) >= 11 is 0. The lowest BCUT2D eigenvalue weighted by Crippen LogP contribution is -2.46. The second kappa shape index (κ2) is 5.31. The van der Waals surface area contributed by atoms with Gasteiger partial charge >= 0.3 is 0 Å². The molecule has 2 aliphatic rings. The molecule has 1 saturated heterocycles. The van der Waals surface area contributed by atoms with Crippen molar-refractivity contribution in [2.75, 3.05) is 19.8 Å². The summed E-state index contributed by atoms with van der Waals surface area (Å²) in [6.07, 6.45) is 2.30. The number of aliphatic hydroxyl groups is 1. The van der Waals surface area contributed by atoms with E-state index in [2.05, 4.69) is 6.07 Å². The molecule has 0 spiro atoms. The molecule has 4 nitrogen and oxygen atoms in total. The van der Waals surface area contributed by atoms with E-state index >= 15 is 0 Å². The number of rotatable bonds is 2. The van der Waals surface area contributed by atoms with Crippen LogP contribution in [-0.4, -0.2) is 41.8 Å². The van der Waals surface area contributed by atoms with E-state index in [1.54, 1.807) is 4.90 Å². The topological polar surface area (TPSA) is 49.8 Å². The Labute approximate surface area is 113 Å². The first-order chi connectivity index (χ1) is 9.31. The van der Waals surface area contributed by atoms with Crippen molar-refractivity contribution in [1.82, 2.24) is 4.90 Å². The summed E-state index contributed by atoms with van der Waals surface area (Å²) in [5.41, 5.74) is 2.31. The minimum atomic E-state index is -0.306. The van der Waals surface area contributed by atoms with Gasteiger partial charge in [-0.15, -0.1) is 0 Å². The van der Waals surface area contributed by atoms with E-state index in [0.29, 0.717) is 13.2 Å². The minimum absolute atomic E-state index is 0.0323. The van der Waals surface area contributed by atoms with Gasteiger partial charge in [0.2, 0.25) is 0 Å². The van der Waals surface area contributed by atoms with Crippen molar-refractivity contribution in [2.45, 2.75) is 31.4 Å². The lowest BCUT2D eigenvalue weighted by molar-refractivity contribution is -0.145. The van der Waals surface area contributed by atoms with E-state index < -0.39 is 0 Å². The summed E-state index contributed by atoms with van der Waals surface area (Å²) in [5.74, 6) is 0.0334. The molecule has 1 unspecified atom stereocenters. The molecule has 0 aliphatic carbocycles. The van der Waals surface area contributed by atoms with Crippen LogP contribution in [-0.2, 0) is 16.0 Å². The third-order valence-corrected chi connectivity index (χ3v) is 4.07. The van der Waals surface area contributed by atoms with E-state index in [9.17, 15) is 9.90 Å². The van der Waals surface area contributed by atoms with E-state index in [1.165, 1.54) is 5.56 Å². The number of nitrogens with zero attached hydrogens (tertiary/aromatic N) is 1. The van der Waals surface area contributed by atoms with Gasteiger partial charge in [-0.05, 0) is 30.4 Å². The molecule has 0 saturated carbocycles. The Bertz CT molecular complexity index is 468. The maximum atomic E-state index is 12.5. The molecule has 1 aromatic rings. The van der Waals surface area contributed by atoms with Crippen LogP contribution in [0.1, 0.15) is 30.0 Å². The van der Waals surface area contributed by atoms with Crippen LogP contribution in [0.4, 0.5) is 0 Å². The summed E-state index contributed by atoms with van der Waals surface area (Å²) in [5, 5.41) is 9.67. The lowest BCUT2D eigenvalue weighted by Gasteiger charge is -2.37. The molecule has 4 heteroatoms. The van der Waals surface area contributed by atoms with Crippen LogP contribution in [0, 0.1) is 0 Å². The second-order valence-electron chi connectivity index (χ2n) is 5.18. The molecular formula is C15H19NO3. The minimum Gasteiger partial charge on any atom is -0.394 e. The molecular weight excluding hydrogens is 242 g/mol. The van der Waals surface area contributed by atoms with Gasteiger partial charge in [0.1, 0.15) is 6.10 Å². The quantitative estimate of drug-likeness (QED) is 0.872. The SMILES string of the molecule is O=C([C@@H]1CCCO1)N1CCc2ccccc2C1CO. The predicted octanol–water partition coefficient (Wildman–Crippen LogP) is 1.28. The number of hydrogen-bond acceptors (Lipinski definition) is 3. The van der Waals surface area contributed by atoms with Gasteiger partial charge < -0.3 is 14.7 Å². The van der Waals surface area contributed by atoms with Crippen molar-refractivity contribution in [1.29, 1.82) is 0 Å². The standard InChI is InChI=1S/C15H19NO3/c17-10-13-12-5-2-1-4-11(12)7-8-16(13)15(18)14-6-3-9-19-14/h1-2,4-5,13-14,17H,3,6-10H2/t13?,14-/m0/s1. The Morgan fingerprint density at radius 1 is 1.42 bits per heavy atom. The average molecular weight is 261 g/mol. The smallest absolute Gasteiger partial charge is 0.252 e. The first kappa shape index (κ1) is 12.6. The van der Waals surface area contributed by atoms with Crippen LogP contribution >= 0.6 is 0 Å². The molecule has 19 heavy (non-hydrogen) atoms. The highest BCUT2D eigenvalue weighted by molar-refractivity contribution is 5.82. The first-order valence-corrected chi connectivity index (χ1v) is 6.92. The maximum absolute atomic E-state index is 12.5. The van der Waals surface area contributed by atoms with Crippen molar-refractivity contribution >= 4 is 5.91 Å². The molecule has 3 rings (SSSR count). The monoisotopic (exact) mass is 261 g/mol. The van der Waals surface area contributed by atoms with Gasteiger partial charge in [0, 0.05) is 13.2 Å². The zero-order valence-corrected chi connectivity index (χ0v) is 10.9. The van der Waals surface area contributed by atoms with Crippen LogP contribution in [0.3, 0.4) is 0 Å². The number of hydrogen-bond donors (Lipinski definition) is 1. The highest BCUT2D eigenvalue weighted by Crippen LogP contribution is 2.31. The van der Waals surface area contributed by atoms with Crippen LogP contribution in [0.15, 0.2) is 24.3 Å². The highest BCUT2D eigenvalue weighted by Gasteiger charge is 2.35. The Hall–Kier alpha value is -1.39. The van der Waals surface area contributed by atoms with Gasteiger partial charge in [-0.25, -0.2) is 0 Å². The van der Waals surface area contributed by atoms with E-state index in [4.69, 9.17) is 4.74 Å². The van der Waals surface area contributed by atoms with Gasteiger partial charge in [-0.2, -0.15) is 0 Å². The fraction of sp³-hybridized carbons (Fsp3) is 0.533. The maximum Gasteiger partial charge on any atom is 0.252 e. The van der Waals surface area contributed by atoms with Gasteiger partial charge in [0.25, 0.3) is 5.91 Å². The zero-order valence-electron chi connectivity index (χ0n) is 10.9. The summed E-state index contributed by atoms with van der Waals surface area (Å²) in [6, 6.07) is 7.82. The molecule has 2 atom stereocenters. The molecule has 2 heterocycles. The number of amides is 1. The van der Waals surface area contributed by atoms with Crippen LogP contribution in [0.2, 0.25) is 0 Å². The highest BCUT2D eigenvalue weighted by atomic mass is 16.5. The first-order valence-electron chi connectivity index (χ1n) is 6.92. The molecule has 1 aromatic carbocycles. The Morgan fingerprint density at radius 2 is 2.26 bits per heavy atom. The number of benzene rings is 1. The fourth-order valence-corrected chi connectivity index (χ4v) is 3.07. The van der Waals surface area contributed by atoms with Crippen LogP contribution < -0.4 is 0 Å². The number of aliphatic hydroxyl groups excluding tert-OH is 1. The summed E-state index contributed by atoms with van der Waals surface area (Å²) in [4.78, 5) is 14.3. The Kier molecular flexibility index (Phi) is 3.53. The van der Waals surface area contributed by atoms with Crippen LogP contribution in [0.5, 0.6) is 0 Å². The third kappa shape index (κ3) is 2.26. The Balaban J connectivity index is 1.85. The molecule has 0 bridgehead atoms. The molecule has 102 valence electrons. The molecule has 0 radical (unpaired) electrons. The molecule has 0 aromatic heterocycles. The van der Waals surface area contributed by atoms with Crippen molar-refractivity contribution in [2.24, 2.45) is 0 Å². The number of carbonyl (C=O) groups excluding carboxylic acids is 1. The summed E-state index contributed by atoms with van der Waals surface area (Å²) in [6.45, 7) is 1.31. The number of fused-ring (bicyclic) bond motifs is 1. The van der Waals surface area contributed by atoms with Crippen molar-refractivity contribution < 1.29 is 14.6 Å². The normalized spacial score (nSPS) is 26.3. The second-order valence-corrected chi connectivity index (χ2v) is 5.18. The molecule has 1 fully saturated rings. The summed E-state index contributed by atoms with van der Waals surface area (Å²) in [7, 11) is 0. The van der Waals surface area contributed by atoms with Gasteiger partial charge in [0.15, 0.2) is 0 Å². The largest absolute Gasteiger partial charge is 0.394 e. The zero-order chi connectivity index (χ0) is 13.2. The number of carbonyl (C=O) groups is 1. The molecule has 1 amide bonds. The van der Waals surface area contributed by atoms with Gasteiger partial charge in [-0.3, -0.25) is 4.79 Å². The van der Waals surface area contributed by atoms with Crippen molar-refractivity contribution in [3.8, 4) is 0 Å². The van der Waals surface area contributed by atoms with Crippen molar-refractivity contribution in [3.63, 3.8) is 0 Å². The van der Waals surface area contributed by atoms with Gasteiger partial charge in [0.05, 0.1) is 12.6 Å². The van der Waals surface area contributed by atoms with E-state index in [1.807, 2.05) is 18.2 Å². The van der Waals surface area contributed by atoms with E-state index in [-0.39, 0.29) is 24.7 Å². The molecule has 2 aliphatic heterocycles. The van der Waals surface area contributed by atoms with Gasteiger partial charge in [-0.1, -0.05) is 24.3 Å². The third-order valence-electron chi connectivity index (χ3n) is 4.07.